The van der Waals surface area contributed by atoms with Crippen molar-refractivity contribution in [2.45, 2.75) is 0 Å². The van der Waals surface area contributed by atoms with Crippen molar-refractivity contribution in [1.29, 1.82) is 0 Å². The first-order chi connectivity index (χ1) is 28.2. The van der Waals surface area contributed by atoms with Crippen LogP contribution in [-0.2, 0) is 0 Å². The molecule has 5 nitrogen and oxygen atoms in total. The molecule has 0 aliphatic rings. The zero-order valence-electron chi connectivity index (χ0n) is 30.0. The van der Waals surface area contributed by atoms with Gasteiger partial charge in [0.25, 0.3) is 0 Å². The molecule has 12 aromatic rings. The fourth-order valence-corrected chi connectivity index (χ4v) is 11.5. The van der Waals surface area contributed by atoms with E-state index in [1.165, 1.54) is 35.6 Å². The smallest absolute Gasteiger partial charge is 0.165 e. The quantitative estimate of drug-likeness (QED) is 0.174. The van der Waals surface area contributed by atoms with Crippen molar-refractivity contribution in [2.75, 3.05) is 0 Å². The molecule has 0 saturated heterocycles. The van der Waals surface area contributed by atoms with Crippen LogP contribution in [0.1, 0.15) is 0 Å². The van der Waals surface area contributed by atoms with E-state index in [0.29, 0.717) is 17.5 Å². The molecule has 0 atom stereocenters. The highest BCUT2D eigenvalue weighted by molar-refractivity contribution is 7.27. The van der Waals surface area contributed by atoms with E-state index in [1.54, 1.807) is 34.0 Å². The van der Waals surface area contributed by atoms with Gasteiger partial charge in [0.15, 0.2) is 23.3 Å². The lowest BCUT2D eigenvalue weighted by molar-refractivity contribution is 1.08. The van der Waals surface area contributed by atoms with Crippen LogP contribution in [0.25, 0.3) is 117 Å². The largest absolute Gasteiger partial charge is 0.226 e. The van der Waals surface area contributed by atoms with Crippen LogP contribution in [0.4, 0.5) is 0 Å². The van der Waals surface area contributed by atoms with Gasteiger partial charge in [0, 0.05) is 78.2 Å². The number of rotatable bonds is 5. The van der Waals surface area contributed by atoms with Gasteiger partial charge in [-0.1, -0.05) is 133 Å². The van der Waals surface area contributed by atoms with E-state index in [4.69, 9.17) is 24.9 Å². The first-order valence-corrected chi connectivity index (χ1v) is 21.1. The van der Waals surface area contributed by atoms with E-state index in [1.807, 2.05) is 24.3 Å². The summed E-state index contributed by atoms with van der Waals surface area (Å²) in [5.41, 5.74) is 6.95. The predicted octanol–water partition coefficient (Wildman–Crippen LogP) is 14.1. The summed E-state index contributed by atoms with van der Waals surface area (Å²) in [5, 5.41) is 5.96. The zero-order chi connectivity index (χ0) is 37.5. The number of benzene rings is 7. The maximum atomic E-state index is 5.26. The van der Waals surface area contributed by atoms with E-state index in [0.717, 1.165) is 64.3 Å². The minimum atomic E-state index is 0.650. The summed E-state index contributed by atoms with van der Waals surface area (Å²) in [6, 6.07) is 57.2. The fourth-order valence-electron chi connectivity index (χ4n) is 7.88. The molecule has 0 aliphatic carbocycles. The van der Waals surface area contributed by atoms with Gasteiger partial charge in [0.05, 0.1) is 15.9 Å². The van der Waals surface area contributed by atoms with Crippen LogP contribution in [0, 0.1) is 0 Å². The standard InChI is InChI=1S/C49H27N5S3/c1-3-13-28(14-4-1)41-45-42(35-18-8-10-24-39(35)56-45)51-47(50-41)30-25-26-32-34-20-12-22-37(44(34)57-40(32)27-30)49-53-46(29-15-5-2-6-16-29)52-48(54-49)36-21-11-19-33-31-17-7-9-23-38(31)55-43(33)36/h1-27H. The second-order valence-corrected chi connectivity index (χ2v) is 17.1. The third-order valence-electron chi connectivity index (χ3n) is 10.6. The van der Waals surface area contributed by atoms with Crippen molar-refractivity contribution in [3.8, 4) is 56.8 Å². The summed E-state index contributed by atoms with van der Waals surface area (Å²) in [5.74, 6) is 2.69. The number of aromatic nitrogens is 5. The highest BCUT2D eigenvalue weighted by Crippen LogP contribution is 2.44. The minimum Gasteiger partial charge on any atom is -0.226 e. The lowest BCUT2D eigenvalue weighted by atomic mass is 10.1. The summed E-state index contributed by atoms with van der Waals surface area (Å²) in [4.78, 5) is 26.0. The number of thiophene rings is 3. The third kappa shape index (κ3) is 5.29. The Morgan fingerprint density at radius 3 is 1.51 bits per heavy atom. The fraction of sp³-hybridized carbons (Fsp3) is 0. The van der Waals surface area contributed by atoms with E-state index in [2.05, 4.69) is 140 Å². The van der Waals surface area contributed by atoms with Crippen molar-refractivity contribution in [1.82, 2.24) is 24.9 Å². The molecule has 5 aromatic heterocycles. The van der Waals surface area contributed by atoms with Crippen molar-refractivity contribution in [3.05, 3.63) is 164 Å². The van der Waals surface area contributed by atoms with E-state index < -0.39 is 0 Å². The molecule has 0 aliphatic heterocycles. The number of fused-ring (bicyclic) bond motifs is 9. The maximum Gasteiger partial charge on any atom is 0.165 e. The summed E-state index contributed by atoms with van der Waals surface area (Å²) in [6.07, 6.45) is 0. The second-order valence-electron chi connectivity index (χ2n) is 14.0. The molecule has 0 saturated carbocycles. The molecule has 0 fully saturated rings. The third-order valence-corrected chi connectivity index (χ3v) is 14.2. The van der Waals surface area contributed by atoms with Crippen LogP contribution >= 0.6 is 34.0 Å². The predicted molar refractivity (Wildman–Crippen MR) is 241 cm³/mol. The van der Waals surface area contributed by atoms with Crippen molar-refractivity contribution in [2.24, 2.45) is 0 Å². The van der Waals surface area contributed by atoms with Crippen LogP contribution in [0.15, 0.2) is 164 Å². The topological polar surface area (TPSA) is 64.5 Å². The van der Waals surface area contributed by atoms with Gasteiger partial charge < -0.3 is 0 Å². The average molecular weight is 782 g/mol. The molecule has 0 radical (unpaired) electrons. The van der Waals surface area contributed by atoms with Gasteiger partial charge in [-0.15, -0.1) is 34.0 Å². The van der Waals surface area contributed by atoms with Gasteiger partial charge >= 0.3 is 0 Å². The van der Waals surface area contributed by atoms with Crippen molar-refractivity contribution in [3.63, 3.8) is 0 Å². The lowest BCUT2D eigenvalue weighted by Crippen LogP contribution is -2.00. The first kappa shape index (κ1) is 32.5. The van der Waals surface area contributed by atoms with Gasteiger partial charge in [0.1, 0.15) is 0 Å². The van der Waals surface area contributed by atoms with Gasteiger partial charge in [-0.25, -0.2) is 24.9 Å². The number of nitrogens with zero attached hydrogens (tertiary/aromatic N) is 5. The summed E-state index contributed by atoms with van der Waals surface area (Å²) >= 11 is 5.30. The van der Waals surface area contributed by atoms with Crippen LogP contribution in [-0.4, -0.2) is 24.9 Å². The Balaban J connectivity index is 1.04. The SMILES string of the molecule is c1ccc(-c2nc(-c3cccc4c3sc3ccccc34)nc(-c3cccc4c3sc3cc(-c5nc(-c6ccccc6)c6sc7ccccc7c6n5)ccc34)n2)cc1. The molecule has 0 amide bonds. The number of hydrogen-bond donors (Lipinski definition) is 0. The molecular formula is C49H27N5S3. The molecular weight excluding hydrogens is 755 g/mol. The molecule has 7 aromatic carbocycles. The molecule has 266 valence electrons. The Hall–Kier alpha value is -6.71. The van der Waals surface area contributed by atoms with Crippen LogP contribution in [0.3, 0.4) is 0 Å². The lowest BCUT2D eigenvalue weighted by Gasteiger charge is -2.09. The van der Waals surface area contributed by atoms with E-state index in [-0.39, 0.29) is 0 Å². The molecule has 0 unspecified atom stereocenters. The number of hydrogen-bond acceptors (Lipinski definition) is 8. The molecule has 5 heterocycles. The van der Waals surface area contributed by atoms with Crippen LogP contribution in [0.2, 0.25) is 0 Å². The van der Waals surface area contributed by atoms with Gasteiger partial charge in [-0.05, 0) is 30.3 Å². The van der Waals surface area contributed by atoms with Crippen LogP contribution in [0.5, 0.6) is 0 Å². The van der Waals surface area contributed by atoms with E-state index in [9.17, 15) is 0 Å². The summed E-state index contributed by atoms with van der Waals surface area (Å²) in [6.45, 7) is 0. The maximum absolute atomic E-state index is 5.26. The Kier molecular flexibility index (Phi) is 7.38. The molecule has 57 heavy (non-hydrogen) atoms. The molecule has 12 rings (SSSR count). The van der Waals surface area contributed by atoms with Gasteiger partial charge in [0.2, 0.25) is 0 Å². The normalized spacial score (nSPS) is 11.9. The highest BCUT2D eigenvalue weighted by Gasteiger charge is 2.21. The average Bonchev–Trinajstić information content (AvgIpc) is 3.97. The molecule has 0 N–H and O–H groups in total. The Bertz CT molecular complexity index is 3530. The second kappa shape index (κ2) is 12.9. The van der Waals surface area contributed by atoms with Gasteiger partial charge in [-0.2, -0.15) is 0 Å². The van der Waals surface area contributed by atoms with Crippen molar-refractivity contribution < 1.29 is 0 Å². The van der Waals surface area contributed by atoms with Crippen molar-refractivity contribution >= 4 is 94.7 Å². The zero-order valence-corrected chi connectivity index (χ0v) is 32.5. The molecule has 0 spiro atoms. The molecule has 0 bridgehead atoms. The Morgan fingerprint density at radius 1 is 0.298 bits per heavy atom. The Labute approximate surface area is 338 Å². The van der Waals surface area contributed by atoms with Crippen LogP contribution < -0.4 is 0 Å². The van der Waals surface area contributed by atoms with Gasteiger partial charge in [-0.3, -0.25) is 0 Å². The minimum absolute atomic E-state index is 0.650. The molecule has 8 heteroatoms. The Morgan fingerprint density at radius 2 is 0.807 bits per heavy atom. The highest BCUT2D eigenvalue weighted by atomic mass is 32.1. The monoisotopic (exact) mass is 781 g/mol. The summed E-state index contributed by atoms with van der Waals surface area (Å²) < 4.78 is 7.02. The van der Waals surface area contributed by atoms with E-state index >= 15 is 0 Å². The first-order valence-electron chi connectivity index (χ1n) is 18.7. The summed E-state index contributed by atoms with van der Waals surface area (Å²) in [7, 11) is 0.